The maximum Gasteiger partial charge on any atom is 0.129 e. The van der Waals surface area contributed by atoms with Crippen molar-refractivity contribution in [2.24, 2.45) is 5.92 Å². The van der Waals surface area contributed by atoms with Crippen LogP contribution >= 0.6 is 0 Å². The molecule has 0 aliphatic heterocycles. The van der Waals surface area contributed by atoms with Gasteiger partial charge in [0.05, 0.1) is 6.61 Å². The summed E-state index contributed by atoms with van der Waals surface area (Å²) in [5, 5.41) is 10.6. The lowest BCUT2D eigenvalue weighted by molar-refractivity contribution is -0.0556. The van der Waals surface area contributed by atoms with E-state index >= 15 is 0 Å². The lowest BCUT2D eigenvalue weighted by atomic mass is 9.88. The van der Waals surface area contributed by atoms with Crippen molar-refractivity contribution < 1.29 is 14.2 Å². The molecule has 1 saturated carbocycles. The van der Waals surface area contributed by atoms with E-state index in [1.807, 2.05) is 6.92 Å². The summed E-state index contributed by atoms with van der Waals surface area (Å²) in [6.45, 7) is 2.04. The SMILES string of the molecule is COCC(O)(c1cc(C)ccc1F)C1CC1. The molecule has 1 unspecified atom stereocenters. The van der Waals surface area contributed by atoms with Gasteiger partial charge in [-0.3, -0.25) is 0 Å². The van der Waals surface area contributed by atoms with Crippen molar-refractivity contribution in [3.8, 4) is 0 Å². The molecule has 0 bridgehead atoms. The first-order chi connectivity index (χ1) is 7.58. The van der Waals surface area contributed by atoms with E-state index < -0.39 is 5.60 Å². The minimum atomic E-state index is -1.16. The molecule has 1 aromatic rings. The van der Waals surface area contributed by atoms with Crippen LogP contribution in [-0.2, 0) is 10.3 Å². The van der Waals surface area contributed by atoms with E-state index in [0.717, 1.165) is 18.4 Å². The average Bonchev–Trinajstić information content (AvgIpc) is 3.05. The van der Waals surface area contributed by atoms with Crippen molar-refractivity contribution >= 4 is 0 Å². The fourth-order valence-electron chi connectivity index (χ4n) is 2.17. The summed E-state index contributed by atoms with van der Waals surface area (Å²) in [7, 11) is 1.53. The summed E-state index contributed by atoms with van der Waals surface area (Å²) in [5.41, 5.74) is 0.161. The highest BCUT2D eigenvalue weighted by molar-refractivity contribution is 5.31. The average molecular weight is 224 g/mol. The van der Waals surface area contributed by atoms with Crippen LogP contribution < -0.4 is 0 Å². The highest BCUT2D eigenvalue weighted by Gasteiger charge is 2.46. The van der Waals surface area contributed by atoms with Crippen molar-refractivity contribution in [2.45, 2.75) is 25.4 Å². The molecule has 16 heavy (non-hydrogen) atoms. The van der Waals surface area contributed by atoms with Crippen LogP contribution in [0.2, 0.25) is 0 Å². The Kier molecular flexibility index (Phi) is 3.00. The second kappa shape index (κ2) is 4.15. The number of benzene rings is 1. The Morgan fingerprint density at radius 3 is 2.75 bits per heavy atom. The van der Waals surface area contributed by atoms with Gasteiger partial charge >= 0.3 is 0 Å². The minimum Gasteiger partial charge on any atom is -0.382 e. The number of aryl methyl sites for hydroxylation is 1. The van der Waals surface area contributed by atoms with Crippen LogP contribution in [0.1, 0.15) is 24.0 Å². The molecule has 1 atom stereocenters. The van der Waals surface area contributed by atoms with Gasteiger partial charge in [0.1, 0.15) is 11.4 Å². The third-order valence-electron chi connectivity index (χ3n) is 3.21. The molecule has 0 saturated heterocycles. The Labute approximate surface area is 95.1 Å². The fourth-order valence-corrected chi connectivity index (χ4v) is 2.17. The second-order valence-electron chi connectivity index (χ2n) is 4.61. The summed E-state index contributed by atoms with van der Waals surface area (Å²) in [4.78, 5) is 0. The van der Waals surface area contributed by atoms with Crippen LogP contribution in [-0.4, -0.2) is 18.8 Å². The predicted molar refractivity (Wildman–Crippen MR) is 59.6 cm³/mol. The van der Waals surface area contributed by atoms with Crippen LogP contribution in [0.3, 0.4) is 0 Å². The molecular weight excluding hydrogens is 207 g/mol. The maximum absolute atomic E-state index is 13.8. The number of halogens is 1. The summed E-state index contributed by atoms with van der Waals surface area (Å²) in [6.07, 6.45) is 1.88. The highest BCUT2D eigenvalue weighted by atomic mass is 19.1. The standard InChI is InChI=1S/C13H17FO2/c1-9-3-6-12(14)11(7-9)13(15,8-16-2)10-4-5-10/h3,6-7,10,15H,4-5,8H2,1-2H3. The lowest BCUT2D eigenvalue weighted by Crippen LogP contribution is -2.34. The van der Waals surface area contributed by atoms with Gasteiger partial charge in [0, 0.05) is 12.7 Å². The molecule has 3 heteroatoms. The maximum atomic E-state index is 13.8. The van der Waals surface area contributed by atoms with Gasteiger partial charge in [-0.2, -0.15) is 0 Å². The van der Waals surface area contributed by atoms with E-state index in [-0.39, 0.29) is 18.3 Å². The summed E-state index contributed by atoms with van der Waals surface area (Å²) in [5.74, 6) is -0.221. The third-order valence-corrected chi connectivity index (χ3v) is 3.21. The predicted octanol–water partition coefficient (Wildman–Crippen LogP) is 2.38. The molecule has 2 rings (SSSR count). The Morgan fingerprint density at radius 2 is 2.19 bits per heavy atom. The van der Waals surface area contributed by atoms with Gasteiger partial charge in [-0.25, -0.2) is 4.39 Å². The van der Waals surface area contributed by atoms with Crippen molar-refractivity contribution in [3.63, 3.8) is 0 Å². The molecule has 2 nitrogen and oxygen atoms in total. The lowest BCUT2D eigenvalue weighted by Gasteiger charge is -2.28. The summed E-state index contributed by atoms with van der Waals surface area (Å²) >= 11 is 0. The zero-order valence-corrected chi connectivity index (χ0v) is 9.66. The third kappa shape index (κ3) is 1.97. The van der Waals surface area contributed by atoms with E-state index in [0.29, 0.717) is 5.56 Å². The molecule has 1 N–H and O–H groups in total. The van der Waals surface area contributed by atoms with Crippen LogP contribution in [0.25, 0.3) is 0 Å². The van der Waals surface area contributed by atoms with E-state index in [2.05, 4.69) is 0 Å². The number of aliphatic hydroxyl groups is 1. The Balaban J connectivity index is 2.41. The molecule has 1 fully saturated rings. The van der Waals surface area contributed by atoms with Gasteiger partial charge in [0.2, 0.25) is 0 Å². The number of rotatable bonds is 4. The monoisotopic (exact) mass is 224 g/mol. The molecule has 88 valence electrons. The Bertz CT molecular complexity index is 388. The Hall–Kier alpha value is -0.930. The molecular formula is C13H17FO2. The Morgan fingerprint density at radius 1 is 1.50 bits per heavy atom. The van der Waals surface area contributed by atoms with Crippen LogP contribution in [0.4, 0.5) is 4.39 Å². The number of hydrogen-bond donors (Lipinski definition) is 1. The van der Waals surface area contributed by atoms with Crippen LogP contribution in [0.15, 0.2) is 18.2 Å². The number of hydrogen-bond acceptors (Lipinski definition) is 2. The highest BCUT2D eigenvalue weighted by Crippen LogP contribution is 2.46. The molecule has 0 amide bonds. The zero-order valence-electron chi connectivity index (χ0n) is 9.66. The van der Waals surface area contributed by atoms with Crippen molar-refractivity contribution in [1.29, 1.82) is 0 Å². The first kappa shape index (κ1) is 11.6. The first-order valence-corrected chi connectivity index (χ1v) is 5.56. The zero-order chi connectivity index (χ0) is 11.8. The van der Waals surface area contributed by atoms with E-state index in [4.69, 9.17) is 4.74 Å². The molecule has 0 spiro atoms. The topological polar surface area (TPSA) is 29.5 Å². The van der Waals surface area contributed by atoms with Gasteiger partial charge in [0.15, 0.2) is 0 Å². The fraction of sp³-hybridized carbons (Fsp3) is 0.538. The molecule has 0 aromatic heterocycles. The van der Waals surface area contributed by atoms with E-state index in [1.165, 1.54) is 13.2 Å². The first-order valence-electron chi connectivity index (χ1n) is 5.56. The number of methoxy groups -OCH3 is 1. The van der Waals surface area contributed by atoms with Gasteiger partial charge in [-0.15, -0.1) is 0 Å². The summed E-state index contributed by atoms with van der Waals surface area (Å²) < 4.78 is 18.8. The molecule has 0 heterocycles. The quantitative estimate of drug-likeness (QED) is 0.850. The van der Waals surface area contributed by atoms with Crippen molar-refractivity contribution in [1.82, 2.24) is 0 Å². The van der Waals surface area contributed by atoms with Gasteiger partial charge < -0.3 is 9.84 Å². The molecule has 1 aliphatic carbocycles. The van der Waals surface area contributed by atoms with Crippen molar-refractivity contribution in [2.75, 3.05) is 13.7 Å². The van der Waals surface area contributed by atoms with Gasteiger partial charge in [-0.1, -0.05) is 17.7 Å². The number of ether oxygens (including phenoxy) is 1. The van der Waals surface area contributed by atoms with E-state index in [1.54, 1.807) is 12.1 Å². The van der Waals surface area contributed by atoms with E-state index in [9.17, 15) is 9.50 Å². The molecule has 0 radical (unpaired) electrons. The normalized spacial score (nSPS) is 19.5. The van der Waals surface area contributed by atoms with Crippen LogP contribution in [0.5, 0.6) is 0 Å². The van der Waals surface area contributed by atoms with Crippen molar-refractivity contribution in [3.05, 3.63) is 35.1 Å². The summed E-state index contributed by atoms with van der Waals surface area (Å²) in [6, 6.07) is 4.83. The smallest absolute Gasteiger partial charge is 0.129 e. The minimum absolute atomic E-state index is 0.128. The molecule has 1 aromatic carbocycles. The van der Waals surface area contributed by atoms with Crippen LogP contribution in [0, 0.1) is 18.7 Å². The largest absolute Gasteiger partial charge is 0.382 e. The second-order valence-corrected chi connectivity index (χ2v) is 4.61. The molecule has 1 aliphatic rings. The van der Waals surface area contributed by atoms with Gasteiger partial charge in [0.25, 0.3) is 0 Å². The van der Waals surface area contributed by atoms with Gasteiger partial charge in [-0.05, 0) is 31.7 Å².